The summed E-state index contributed by atoms with van der Waals surface area (Å²) >= 11 is 0. The SMILES string of the molecule is CCC(C)C(NC(=O)c1ccn(-c2ccccc2)n1)C(=O)O. The lowest BCUT2D eigenvalue weighted by molar-refractivity contribution is -0.140. The second-order valence-corrected chi connectivity index (χ2v) is 5.16. The number of nitrogens with zero attached hydrogens (tertiary/aromatic N) is 2. The molecule has 0 fully saturated rings. The Morgan fingerprint density at radius 2 is 1.95 bits per heavy atom. The average molecular weight is 301 g/mol. The van der Waals surface area contributed by atoms with Crippen molar-refractivity contribution in [2.75, 3.05) is 0 Å². The van der Waals surface area contributed by atoms with Gasteiger partial charge in [0.15, 0.2) is 5.69 Å². The number of carbonyl (C=O) groups excluding carboxylic acids is 1. The fourth-order valence-corrected chi connectivity index (χ4v) is 2.07. The Bertz CT molecular complexity index is 652. The van der Waals surface area contributed by atoms with Crippen LogP contribution in [0, 0.1) is 5.92 Å². The van der Waals surface area contributed by atoms with E-state index in [1.807, 2.05) is 37.3 Å². The van der Waals surface area contributed by atoms with E-state index in [9.17, 15) is 14.7 Å². The van der Waals surface area contributed by atoms with Crippen molar-refractivity contribution in [2.45, 2.75) is 26.3 Å². The number of rotatable bonds is 6. The minimum atomic E-state index is -1.04. The van der Waals surface area contributed by atoms with Gasteiger partial charge in [-0.2, -0.15) is 5.10 Å². The van der Waals surface area contributed by atoms with Gasteiger partial charge in [-0.25, -0.2) is 9.48 Å². The largest absolute Gasteiger partial charge is 0.480 e. The molecule has 6 heteroatoms. The number of para-hydroxylation sites is 1. The van der Waals surface area contributed by atoms with Gasteiger partial charge in [0.2, 0.25) is 0 Å². The number of aliphatic carboxylic acids is 1. The van der Waals surface area contributed by atoms with Gasteiger partial charge in [-0.15, -0.1) is 0 Å². The van der Waals surface area contributed by atoms with Crippen molar-refractivity contribution in [2.24, 2.45) is 5.92 Å². The van der Waals surface area contributed by atoms with E-state index >= 15 is 0 Å². The average Bonchev–Trinajstić information content (AvgIpc) is 3.02. The van der Waals surface area contributed by atoms with Crippen LogP contribution in [-0.4, -0.2) is 32.8 Å². The van der Waals surface area contributed by atoms with Crippen LogP contribution >= 0.6 is 0 Å². The molecule has 1 amide bonds. The molecule has 2 atom stereocenters. The van der Waals surface area contributed by atoms with Crippen LogP contribution in [-0.2, 0) is 4.79 Å². The summed E-state index contributed by atoms with van der Waals surface area (Å²) in [6, 6.07) is 10.0. The minimum absolute atomic E-state index is 0.155. The number of aromatic nitrogens is 2. The van der Waals surface area contributed by atoms with Gasteiger partial charge >= 0.3 is 5.97 Å². The Kier molecular flexibility index (Phi) is 4.93. The predicted octanol–water partition coefficient (Wildman–Crippen LogP) is 2.10. The first-order valence-corrected chi connectivity index (χ1v) is 7.17. The van der Waals surface area contributed by atoms with Crippen LogP contribution in [0.25, 0.3) is 5.69 Å². The first kappa shape index (κ1) is 15.8. The summed E-state index contributed by atoms with van der Waals surface area (Å²) in [5.74, 6) is -1.68. The van der Waals surface area contributed by atoms with Crippen LogP contribution in [0.1, 0.15) is 30.8 Å². The number of nitrogens with one attached hydrogen (secondary N) is 1. The highest BCUT2D eigenvalue weighted by molar-refractivity contribution is 5.95. The van der Waals surface area contributed by atoms with Crippen molar-refractivity contribution in [1.29, 1.82) is 0 Å². The van der Waals surface area contributed by atoms with Crippen LogP contribution in [0.5, 0.6) is 0 Å². The lowest BCUT2D eigenvalue weighted by Crippen LogP contribution is -2.45. The molecule has 2 N–H and O–H groups in total. The Morgan fingerprint density at radius 1 is 1.27 bits per heavy atom. The maximum absolute atomic E-state index is 12.2. The van der Waals surface area contributed by atoms with Gasteiger partial charge in [0, 0.05) is 6.20 Å². The summed E-state index contributed by atoms with van der Waals surface area (Å²) in [7, 11) is 0. The van der Waals surface area contributed by atoms with E-state index in [1.54, 1.807) is 23.9 Å². The Morgan fingerprint density at radius 3 is 2.55 bits per heavy atom. The smallest absolute Gasteiger partial charge is 0.326 e. The van der Waals surface area contributed by atoms with Gasteiger partial charge in [0.05, 0.1) is 5.69 Å². The molecule has 6 nitrogen and oxygen atoms in total. The summed E-state index contributed by atoms with van der Waals surface area (Å²) in [6.07, 6.45) is 2.33. The number of hydrogen-bond acceptors (Lipinski definition) is 3. The Labute approximate surface area is 128 Å². The molecule has 1 aromatic carbocycles. The van der Waals surface area contributed by atoms with Crippen LogP contribution in [0.2, 0.25) is 0 Å². The molecule has 2 unspecified atom stereocenters. The number of hydrogen-bond donors (Lipinski definition) is 2. The van der Waals surface area contributed by atoms with Crippen molar-refractivity contribution in [1.82, 2.24) is 15.1 Å². The molecule has 22 heavy (non-hydrogen) atoms. The molecule has 0 aliphatic heterocycles. The first-order chi connectivity index (χ1) is 10.5. The van der Waals surface area contributed by atoms with E-state index in [0.29, 0.717) is 6.42 Å². The van der Waals surface area contributed by atoms with Crippen molar-refractivity contribution in [3.8, 4) is 5.69 Å². The standard InChI is InChI=1S/C16H19N3O3/c1-3-11(2)14(16(21)22)17-15(20)13-9-10-19(18-13)12-7-5-4-6-8-12/h4-11,14H,3H2,1-2H3,(H,17,20)(H,21,22). The molecular weight excluding hydrogens is 282 g/mol. The van der Waals surface area contributed by atoms with Crippen LogP contribution in [0.15, 0.2) is 42.6 Å². The number of carboxylic acid groups (broad SMARTS) is 1. The van der Waals surface area contributed by atoms with E-state index in [1.165, 1.54) is 0 Å². The highest BCUT2D eigenvalue weighted by Gasteiger charge is 2.26. The summed E-state index contributed by atoms with van der Waals surface area (Å²) in [5.41, 5.74) is 1.02. The van der Waals surface area contributed by atoms with Gasteiger partial charge in [-0.3, -0.25) is 4.79 Å². The lowest BCUT2D eigenvalue weighted by Gasteiger charge is -2.19. The van der Waals surface area contributed by atoms with Gasteiger partial charge in [0.1, 0.15) is 6.04 Å². The molecule has 0 radical (unpaired) electrons. The Hall–Kier alpha value is -2.63. The molecule has 2 rings (SSSR count). The number of carboxylic acids is 1. The van der Waals surface area contributed by atoms with E-state index in [2.05, 4.69) is 10.4 Å². The van der Waals surface area contributed by atoms with E-state index in [4.69, 9.17) is 0 Å². The summed E-state index contributed by atoms with van der Waals surface area (Å²) < 4.78 is 1.58. The third-order valence-corrected chi connectivity index (χ3v) is 3.61. The zero-order valence-corrected chi connectivity index (χ0v) is 12.6. The molecule has 1 aromatic heterocycles. The molecular formula is C16H19N3O3. The van der Waals surface area contributed by atoms with Gasteiger partial charge in [-0.05, 0) is 24.1 Å². The fraction of sp³-hybridized carbons (Fsp3) is 0.312. The molecule has 0 aliphatic carbocycles. The molecule has 0 saturated heterocycles. The van der Waals surface area contributed by atoms with Gasteiger partial charge < -0.3 is 10.4 Å². The number of benzene rings is 1. The maximum Gasteiger partial charge on any atom is 0.326 e. The zero-order chi connectivity index (χ0) is 16.1. The third-order valence-electron chi connectivity index (χ3n) is 3.61. The molecule has 0 spiro atoms. The fourth-order valence-electron chi connectivity index (χ4n) is 2.07. The van der Waals surface area contributed by atoms with Crippen molar-refractivity contribution >= 4 is 11.9 Å². The molecule has 0 saturated carbocycles. The molecule has 0 aliphatic rings. The van der Waals surface area contributed by atoms with Gasteiger partial charge in [0.25, 0.3) is 5.91 Å². The number of carbonyl (C=O) groups is 2. The maximum atomic E-state index is 12.2. The zero-order valence-electron chi connectivity index (χ0n) is 12.6. The lowest BCUT2D eigenvalue weighted by atomic mass is 9.99. The minimum Gasteiger partial charge on any atom is -0.480 e. The number of amides is 1. The van der Waals surface area contributed by atoms with Crippen LogP contribution < -0.4 is 5.32 Å². The topological polar surface area (TPSA) is 84.2 Å². The van der Waals surface area contributed by atoms with Gasteiger partial charge in [-0.1, -0.05) is 38.5 Å². The van der Waals surface area contributed by atoms with Crippen LogP contribution in [0.4, 0.5) is 0 Å². The predicted molar refractivity (Wildman–Crippen MR) is 81.9 cm³/mol. The monoisotopic (exact) mass is 301 g/mol. The van der Waals surface area contributed by atoms with Crippen LogP contribution in [0.3, 0.4) is 0 Å². The quantitative estimate of drug-likeness (QED) is 0.855. The van der Waals surface area contributed by atoms with E-state index < -0.39 is 17.9 Å². The molecule has 0 bridgehead atoms. The summed E-state index contributed by atoms with van der Waals surface area (Å²) in [5, 5.41) is 15.9. The second kappa shape index (κ2) is 6.89. The first-order valence-electron chi connectivity index (χ1n) is 7.17. The van der Waals surface area contributed by atoms with E-state index in [0.717, 1.165) is 5.69 Å². The molecule has 116 valence electrons. The summed E-state index contributed by atoms with van der Waals surface area (Å²) in [4.78, 5) is 23.4. The Balaban J connectivity index is 2.13. The van der Waals surface area contributed by atoms with Crippen molar-refractivity contribution in [3.05, 3.63) is 48.3 Å². The van der Waals surface area contributed by atoms with E-state index in [-0.39, 0.29) is 11.6 Å². The molecule has 2 aromatic rings. The summed E-state index contributed by atoms with van der Waals surface area (Å²) in [6.45, 7) is 3.68. The van der Waals surface area contributed by atoms with Crippen molar-refractivity contribution in [3.63, 3.8) is 0 Å². The normalized spacial score (nSPS) is 13.4. The highest BCUT2D eigenvalue weighted by atomic mass is 16.4. The highest BCUT2D eigenvalue weighted by Crippen LogP contribution is 2.10. The molecule has 1 heterocycles. The third kappa shape index (κ3) is 3.52. The second-order valence-electron chi connectivity index (χ2n) is 5.16. The van der Waals surface area contributed by atoms with Crippen molar-refractivity contribution < 1.29 is 14.7 Å².